The highest BCUT2D eigenvalue weighted by atomic mass is 35.5. The van der Waals surface area contributed by atoms with Gasteiger partial charge in [-0.1, -0.05) is 47.5 Å². The first-order chi connectivity index (χ1) is 8.68. The predicted molar refractivity (Wildman–Crippen MR) is 73.2 cm³/mol. The van der Waals surface area contributed by atoms with Gasteiger partial charge in [0.1, 0.15) is 10.3 Å². The summed E-state index contributed by atoms with van der Waals surface area (Å²) in [6.07, 6.45) is 1.65. The van der Waals surface area contributed by atoms with Crippen molar-refractivity contribution in [3.05, 3.63) is 52.4 Å². The van der Waals surface area contributed by atoms with Crippen molar-refractivity contribution in [1.82, 2.24) is 14.6 Å². The van der Waals surface area contributed by atoms with Gasteiger partial charge < -0.3 is 0 Å². The minimum absolute atomic E-state index is 0.391. The van der Waals surface area contributed by atoms with Crippen LogP contribution in [0, 0.1) is 6.92 Å². The number of benzene rings is 1. The second kappa shape index (κ2) is 4.26. The lowest BCUT2D eigenvalue weighted by molar-refractivity contribution is 0.942. The Labute approximate surface area is 114 Å². The molecule has 0 spiro atoms. The van der Waals surface area contributed by atoms with Gasteiger partial charge in [0.05, 0.1) is 11.8 Å². The van der Waals surface area contributed by atoms with E-state index in [0.29, 0.717) is 21.5 Å². The molecule has 0 fully saturated rings. The van der Waals surface area contributed by atoms with E-state index in [4.69, 9.17) is 23.2 Å². The lowest BCUT2D eigenvalue weighted by atomic mass is 10.0. The molecule has 0 bridgehead atoms. The van der Waals surface area contributed by atoms with Crippen LogP contribution in [-0.2, 0) is 0 Å². The first-order valence-electron chi connectivity index (χ1n) is 5.43. The fourth-order valence-electron chi connectivity index (χ4n) is 1.96. The normalized spacial score (nSPS) is 11.1. The van der Waals surface area contributed by atoms with E-state index in [1.165, 1.54) is 0 Å². The maximum Gasteiger partial charge on any atom is 0.158 e. The molecule has 1 aromatic carbocycles. The van der Waals surface area contributed by atoms with Gasteiger partial charge in [-0.05, 0) is 18.1 Å². The van der Waals surface area contributed by atoms with E-state index >= 15 is 0 Å². The summed E-state index contributed by atoms with van der Waals surface area (Å²) in [4.78, 5) is 4.30. The predicted octanol–water partition coefficient (Wildman–Crippen LogP) is 4.01. The van der Waals surface area contributed by atoms with Crippen molar-refractivity contribution in [2.75, 3.05) is 0 Å². The molecule has 0 aliphatic carbocycles. The third kappa shape index (κ3) is 1.67. The van der Waals surface area contributed by atoms with Gasteiger partial charge in [0.25, 0.3) is 0 Å². The molecule has 3 rings (SSSR count). The first-order valence-corrected chi connectivity index (χ1v) is 6.19. The van der Waals surface area contributed by atoms with Crippen molar-refractivity contribution < 1.29 is 0 Å². The summed E-state index contributed by atoms with van der Waals surface area (Å²) < 4.78 is 1.58. The molecule has 5 heteroatoms. The Balaban J connectivity index is 2.39. The Morgan fingerprint density at radius 2 is 1.89 bits per heavy atom. The van der Waals surface area contributed by atoms with Crippen LogP contribution in [0.1, 0.15) is 5.56 Å². The fraction of sp³-hybridized carbons (Fsp3) is 0.0769. The van der Waals surface area contributed by atoms with Gasteiger partial charge >= 0.3 is 0 Å². The van der Waals surface area contributed by atoms with Crippen LogP contribution in [0.25, 0.3) is 16.8 Å². The molecule has 18 heavy (non-hydrogen) atoms. The highest BCUT2D eigenvalue weighted by Gasteiger charge is 2.16. The molecule has 0 unspecified atom stereocenters. The maximum absolute atomic E-state index is 6.37. The Kier molecular flexibility index (Phi) is 2.73. The zero-order valence-electron chi connectivity index (χ0n) is 9.56. The van der Waals surface area contributed by atoms with Crippen LogP contribution >= 0.6 is 23.2 Å². The summed E-state index contributed by atoms with van der Waals surface area (Å²) in [6.45, 7) is 2.01. The van der Waals surface area contributed by atoms with Crippen LogP contribution in [-0.4, -0.2) is 14.6 Å². The summed E-state index contributed by atoms with van der Waals surface area (Å²) in [5, 5.41) is 5.01. The summed E-state index contributed by atoms with van der Waals surface area (Å²) in [5.41, 5.74) is 3.42. The van der Waals surface area contributed by atoms with E-state index in [1.54, 1.807) is 16.8 Å². The molecular weight excluding hydrogens is 269 g/mol. The van der Waals surface area contributed by atoms with Crippen LogP contribution < -0.4 is 0 Å². The van der Waals surface area contributed by atoms with Crippen molar-refractivity contribution >= 4 is 28.8 Å². The van der Waals surface area contributed by atoms with E-state index in [0.717, 1.165) is 11.1 Å². The zero-order chi connectivity index (χ0) is 12.7. The first kappa shape index (κ1) is 11.5. The van der Waals surface area contributed by atoms with E-state index < -0.39 is 0 Å². The lowest BCUT2D eigenvalue weighted by Gasteiger charge is -2.10. The summed E-state index contributed by atoms with van der Waals surface area (Å²) >= 11 is 12.6. The highest BCUT2D eigenvalue weighted by Crippen LogP contribution is 2.35. The van der Waals surface area contributed by atoms with Gasteiger partial charge in [0, 0.05) is 6.07 Å². The topological polar surface area (TPSA) is 30.2 Å². The van der Waals surface area contributed by atoms with Crippen molar-refractivity contribution in [2.24, 2.45) is 0 Å². The third-order valence-corrected chi connectivity index (χ3v) is 3.47. The van der Waals surface area contributed by atoms with E-state index in [9.17, 15) is 0 Å². The summed E-state index contributed by atoms with van der Waals surface area (Å²) in [5.74, 6) is 0. The van der Waals surface area contributed by atoms with Crippen molar-refractivity contribution in [3.8, 4) is 11.1 Å². The number of aromatic nitrogens is 3. The smallest absolute Gasteiger partial charge is 0.158 e. The number of hydrogen-bond acceptors (Lipinski definition) is 2. The largest absolute Gasteiger partial charge is 0.216 e. The molecule has 0 atom stereocenters. The van der Waals surface area contributed by atoms with Gasteiger partial charge in [-0.3, -0.25) is 0 Å². The minimum atomic E-state index is 0.391. The molecule has 0 radical (unpaired) electrons. The molecule has 2 heterocycles. The fourth-order valence-corrected chi connectivity index (χ4v) is 2.60. The number of hydrogen-bond donors (Lipinski definition) is 0. The second-order valence-electron chi connectivity index (χ2n) is 3.98. The van der Waals surface area contributed by atoms with Crippen LogP contribution in [0.4, 0.5) is 0 Å². The number of nitrogens with zero attached hydrogens (tertiary/aromatic N) is 3. The molecule has 0 saturated carbocycles. The molecule has 0 saturated heterocycles. The SMILES string of the molecule is Cc1ccccc1-c1c(Cl)nc2ccnn2c1Cl. The van der Waals surface area contributed by atoms with Crippen molar-refractivity contribution in [1.29, 1.82) is 0 Å². The third-order valence-electron chi connectivity index (χ3n) is 2.85. The van der Waals surface area contributed by atoms with Gasteiger partial charge in [-0.15, -0.1) is 0 Å². The minimum Gasteiger partial charge on any atom is -0.216 e. The summed E-state index contributed by atoms with van der Waals surface area (Å²) in [6, 6.07) is 9.66. The van der Waals surface area contributed by atoms with Crippen LogP contribution in [0.5, 0.6) is 0 Å². The van der Waals surface area contributed by atoms with Crippen molar-refractivity contribution in [3.63, 3.8) is 0 Å². The number of halogens is 2. The average molecular weight is 278 g/mol. The quantitative estimate of drug-likeness (QED) is 0.629. The van der Waals surface area contributed by atoms with Crippen LogP contribution in [0.2, 0.25) is 10.3 Å². The number of aryl methyl sites for hydroxylation is 1. The molecule has 3 nitrogen and oxygen atoms in total. The number of fused-ring (bicyclic) bond motifs is 1. The zero-order valence-corrected chi connectivity index (χ0v) is 11.1. The van der Waals surface area contributed by atoms with E-state index in [1.807, 2.05) is 31.2 Å². The number of rotatable bonds is 1. The monoisotopic (exact) mass is 277 g/mol. The van der Waals surface area contributed by atoms with Crippen LogP contribution in [0.15, 0.2) is 36.5 Å². The lowest BCUT2D eigenvalue weighted by Crippen LogP contribution is -1.97. The van der Waals surface area contributed by atoms with Gasteiger partial charge in [0.15, 0.2) is 5.65 Å². The summed E-state index contributed by atoms with van der Waals surface area (Å²) in [7, 11) is 0. The van der Waals surface area contributed by atoms with Gasteiger partial charge in [-0.2, -0.15) is 5.10 Å². The van der Waals surface area contributed by atoms with E-state index in [2.05, 4.69) is 10.1 Å². The van der Waals surface area contributed by atoms with Gasteiger partial charge in [-0.25, -0.2) is 9.50 Å². The molecule has 0 N–H and O–H groups in total. The highest BCUT2D eigenvalue weighted by molar-refractivity contribution is 6.38. The molecule has 2 aromatic heterocycles. The Bertz CT molecular complexity index is 734. The standard InChI is InChI=1S/C13H9Cl2N3/c1-8-4-2-3-5-9(8)11-12(14)17-10-6-7-16-18(10)13(11)15/h2-7H,1H3. The molecule has 0 aliphatic rings. The Hall–Kier alpha value is -1.58. The molecule has 0 aliphatic heterocycles. The molecule has 3 aromatic rings. The molecule has 90 valence electrons. The Morgan fingerprint density at radius 3 is 2.67 bits per heavy atom. The molecule has 0 amide bonds. The second-order valence-corrected chi connectivity index (χ2v) is 4.70. The molecular formula is C13H9Cl2N3. The van der Waals surface area contributed by atoms with Crippen molar-refractivity contribution in [2.45, 2.75) is 6.92 Å². The van der Waals surface area contributed by atoms with Crippen LogP contribution in [0.3, 0.4) is 0 Å². The Morgan fingerprint density at radius 1 is 1.11 bits per heavy atom. The van der Waals surface area contributed by atoms with Gasteiger partial charge in [0.2, 0.25) is 0 Å². The maximum atomic E-state index is 6.37. The average Bonchev–Trinajstić information content (AvgIpc) is 2.79. The van der Waals surface area contributed by atoms with E-state index in [-0.39, 0.29) is 0 Å².